The van der Waals surface area contributed by atoms with E-state index in [0.717, 1.165) is 16.6 Å². The minimum Gasteiger partial charge on any atom is -0.465 e. The summed E-state index contributed by atoms with van der Waals surface area (Å²) in [6.07, 6.45) is 3.28. The van der Waals surface area contributed by atoms with Gasteiger partial charge in [0.15, 0.2) is 0 Å². The molecule has 2 aromatic heterocycles. The van der Waals surface area contributed by atoms with Crippen molar-refractivity contribution in [2.45, 2.75) is 6.54 Å². The molecule has 0 saturated carbocycles. The first-order valence-corrected chi connectivity index (χ1v) is 6.39. The van der Waals surface area contributed by atoms with Gasteiger partial charge in [0.1, 0.15) is 0 Å². The number of hydrogen-bond acceptors (Lipinski definition) is 4. The molecule has 3 rings (SSSR count). The second-order valence-corrected chi connectivity index (χ2v) is 4.60. The number of benzene rings is 1. The topological polar surface area (TPSA) is 77.0 Å². The Morgan fingerprint density at radius 3 is 2.76 bits per heavy atom. The summed E-state index contributed by atoms with van der Waals surface area (Å²) in [6, 6.07) is 8.72. The van der Waals surface area contributed by atoms with E-state index in [4.69, 9.17) is 0 Å². The minimum atomic E-state index is -0.380. The molecule has 6 nitrogen and oxygen atoms in total. The third-order valence-corrected chi connectivity index (χ3v) is 3.29. The molecular formula is C15H13N3O3. The van der Waals surface area contributed by atoms with Crippen molar-refractivity contribution in [1.82, 2.24) is 14.5 Å². The number of carbonyl (C=O) groups excluding carboxylic acids is 1. The van der Waals surface area contributed by atoms with E-state index in [1.54, 1.807) is 47.3 Å². The van der Waals surface area contributed by atoms with E-state index in [2.05, 4.69) is 14.7 Å². The molecule has 3 aromatic rings. The van der Waals surface area contributed by atoms with Gasteiger partial charge >= 0.3 is 11.7 Å². The Morgan fingerprint density at radius 1 is 1.29 bits per heavy atom. The molecule has 0 bridgehead atoms. The van der Waals surface area contributed by atoms with Crippen molar-refractivity contribution in [2.75, 3.05) is 7.11 Å². The Morgan fingerprint density at radius 2 is 2.05 bits per heavy atom. The lowest BCUT2D eigenvalue weighted by atomic mass is 10.1. The van der Waals surface area contributed by atoms with Crippen LogP contribution >= 0.6 is 0 Å². The largest absolute Gasteiger partial charge is 0.465 e. The lowest BCUT2D eigenvalue weighted by molar-refractivity contribution is 0.0600. The summed E-state index contributed by atoms with van der Waals surface area (Å²) in [4.78, 5) is 30.2. The minimum absolute atomic E-state index is 0.185. The van der Waals surface area contributed by atoms with Gasteiger partial charge in [0.25, 0.3) is 0 Å². The van der Waals surface area contributed by atoms with Crippen LogP contribution in [0.5, 0.6) is 0 Å². The van der Waals surface area contributed by atoms with Crippen LogP contribution in [0.2, 0.25) is 0 Å². The van der Waals surface area contributed by atoms with Crippen LogP contribution in [0.25, 0.3) is 11.0 Å². The van der Waals surface area contributed by atoms with E-state index >= 15 is 0 Å². The lowest BCUT2D eigenvalue weighted by Crippen LogP contribution is -2.17. The van der Waals surface area contributed by atoms with Crippen LogP contribution in [-0.4, -0.2) is 27.6 Å². The van der Waals surface area contributed by atoms with Crippen LogP contribution < -0.4 is 5.69 Å². The van der Waals surface area contributed by atoms with Crippen molar-refractivity contribution in [3.05, 3.63) is 64.3 Å². The van der Waals surface area contributed by atoms with E-state index in [9.17, 15) is 9.59 Å². The third-order valence-electron chi connectivity index (χ3n) is 3.29. The molecule has 106 valence electrons. The van der Waals surface area contributed by atoms with Crippen molar-refractivity contribution in [2.24, 2.45) is 0 Å². The number of aromatic nitrogens is 3. The van der Waals surface area contributed by atoms with E-state index in [0.29, 0.717) is 12.1 Å². The van der Waals surface area contributed by atoms with Crippen LogP contribution in [0.15, 0.2) is 47.5 Å². The normalized spacial score (nSPS) is 10.7. The molecule has 0 amide bonds. The third kappa shape index (κ3) is 2.43. The molecule has 0 spiro atoms. The fourth-order valence-electron chi connectivity index (χ4n) is 2.20. The Balaban J connectivity index is 1.94. The number of carbonyl (C=O) groups is 1. The van der Waals surface area contributed by atoms with Gasteiger partial charge in [-0.2, -0.15) is 0 Å². The summed E-state index contributed by atoms with van der Waals surface area (Å²) in [5.41, 5.74) is 2.71. The average Bonchev–Trinajstić information content (AvgIpc) is 2.83. The molecule has 2 heterocycles. The van der Waals surface area contributed by atoms with Crippen LogP contribution in [0, 0.1) is 0 Å². The SMILES string of the molecule is COC(=O)c1ccc(Cn2c(=O)[nH]c3ccncc32)cc1. The van der Waals surface area contributed by atoms with Gasteiger partial charge in [-0.1, -0.05) is 12.1 Å². The fraction of sp³-hybridized carbons (Fsp3) is 0.133. The summed E-state index contributed by atoms with van der Waals surface area (Å²) in [6.45, 7) is 0.409. The number of fused-ring (bicyclic) bond motifs is 1. The first kappa shape index (κ1) is 13.1. The Kier molecular flexibility index (Phi) is 3.27. The number of aromatic amines is 1. The summed E-state index contributed by atoms with van der Waals surface area (Å²) in [7, 11) is 1.34. The van der Waals surface area contributed by atoms with Gasteiger partial charge in [-0.25, -0.2) is 9.59 Å². The molecule has 0 atom stereocenters. The predicted molar refractivity (Wildman–Crippen MR) is 77.2 cm³/mol. The molecule has 0 saturated heterocycles. The van der Waals surface area contributed by atoms with E-state index in [-0.39, 0.29) is 11.7 Å². The van der Waals surface area contributed by atoms with Gasteiger partial charge in [0, 0.05) is 6.20 Å². The van der Waals surface area contributed by atoms with Crippen LogP contribution in [0.3, 0.4) is 0 Å². The van der Waals surface area contributed by atoms with Crippen molar-refractivity contribution in [3.63, 3.8) is 0 Å². The molecule has 0 aliphatic heterocycles. The van der Waals surface area contributed by atoms with Gasteiger partial charge in [-0.3, -0.25) is 9.55 Å². The summed E-state index contributed by atoms with van der Waals surface area (Å²) in [5, 5.41) is 0. The van der Waals surface area contributed by atoms with Gasteiger partial charge in [-0.05, 0) is 23.8 Å². The van der Waals surface area contributed by atoms with Crippen LogP contribution in [0.4, 0.5) is 0 Å². The highest BCUT2D eigenvalue weighted by atomic mass is 16.5. The van der Waals surface area contributed by atoms with Crippen molar-refractivity contribution in [3.8, 4) is 0 Å². The number of ether oxygens (including phenoxy) is 1. The average molecular weight is 283 g/mol. The van der Waals surface area contributed by atoms with E-state index in [1.807, 2.05) is 0 Å². The number of rotatable bonds is 3. The monoisotopic (exact) mass is 283 g/mol. The fourth-order valence-corrected chi connectivity index (χ4v) is 2.20. The predicted octanol–water partition coefficient (Wildman–Crippen LogP) is 1.56. The number of esters is 1. The van der Waals surface area contributed by atoms with Gasteiger partial charge < -0.3 is 9.72 Å². The summed E-state index contributed by atoms with van der Waals surface area (Å²) < 4.78 is 6.26. The highest BCUT2D eigenvalue weighted by Gasteiger charge is 2.08. The van der Waals surface area contributed by atoms with Crippen LogP contribution in [0.1, 0.15) is 15.9 Å². The zero-order chi connectivity index (χ0) is 14.8. The molecule has 0 aliphatic rings. The second kappa shape index (κ2) is 5.24. The molecule has 0 unspecified atom stereocenters. The summed E-state index contributed by atoms with van der Waals surface area (Å²) in [5.74, 6) is -0.380. The Bertz CT molecular complexity index is 846. The number of methoxy groups -OCH3 is 1. The maximum atomic E-state index is 12.0. The zero-order valence-corrected chi connectivity index (χ0v) is 11.4. The number of imidazole rings is 1. The van der Waals surface area contributed by atoms with E-state index in [1.165, 1.54) is 7.11 Å². The molecule has 1 aromatic carbocycles. The lowest BCUT2D eigenvalue weighted by Gasteiger charge is -2.05. The molecule has 0 aliphatic carbocycles. The van der Waals surface area contributed by atoms with Gasteiger partial charge in [-0.15, -0.1) is 0 Å². The van der Waals surface area contributed by atoms with Gasteiger partial charge in [0.05, 0.1) is 36.4 Å². The second-order valence-electron chi connectivity index (χ2n) is 4.60. The van der Waals surface area contributed by atoms with E-state index < -0.39 is 0 Å². The molecule has 21 heavy (non-hydrogen) atoms. The standard InChI is InChI=1S/C15H13N3O3/c1-21-14(19)11-4-2-10(3-5-11)9-18-13-8-16-7-6-12(13)17-15(18)20/h2-8H,9H2,1H3,(H,17,20). The smallest absolute Gasteiger partial charge is 0.337 e. The van der Waals surface area contributed by atoms with Crippen molar-refractivity contribution < 1.29 is 9.53 Å². The van der Waals surface area contributed by atoms with Gasteiger partial charge in [0.2, 0.25) is 0 Å². The number of pyridine rings is 1. The maximum absolute atomic E-state index is 12.0. The zero-order valence-electron chi connectivity index (χ0n) is 11.4. The number of hydrogen-bond donors (Lipinski definition) is 1. The molecular weight excluding hydrogens is 270 g/mol. The number of H-pyrrole nitrogens is 1. The molecule has 0 fully saturated rings. The first-order chi connectivity index (χ1) is 10.2. The van der Waals surface area contributed by atoms with Crippen LogP contribution in [-0.2, 0) is 11.3 Å². The maximum Gasteiger partial charge on any atom is 0.337 e. The molecule has 0 radical (unpaired) electrons. The Hall–Kier alpha value is -2.89. The highest BCUT2D eigenvalue weighted by Crippen LogP contribution is 2.11. The number of nitrogens with zero attached hydrogens (tertiary/aromatic N) is 2. The van der Waals surface area contributed by atoms with Crippen molar-refractivity contribution >= 4 is 17.0 Å². The molecule has 6 heteroatoms. The molecule has 1 N–H and O–H groups in total. The highest BCUT2D eigenvalue weighted by molar-refractivity contribution is 5.89. The summed E-state index contributed by atoms with van der Waals surface area (Å²) >= 11 is 0. The quantitative estimate of drug-likeness (QED) is 0.740. The number of nitrogens with one attached hydrogen (secondary N) is 1. The first-order valence-electron chi connectivity index (χ1n) is 6.39. The Labute approximate surface area is 120 Å². The van der Waals surface area contributed by atoms with Crippen molar-refractivity contribution in [1.29, 1.82) is 0 Å².